The number of hydrogen-bond acceptors (Lipinski definition) is 1. The highest BCUT2D eigenvalue weighted by molar-refractivity contribution is 6.11. The van der Waals surface area contributed by atoms with Gasteiger partial charge in [0.1, 0.15) is 7.85 Å². The molecule has 1 aliphatic heterocycles. The Morgan fingerprint density at radius 3 is 2.29 bits per heavy atom. The van der Waals surface area contributed by atoms with Gasteiger partial charge in [0, 0.05) is 5.54 Å². The van der Waals surface area contributed by atoms with Crippen LogP contribution < -0.4 is 0 Å². The summed E-state index contributed by atoms with van der Waals surface area (Å²) >= 11 is 0. The summed E-state index contributed by atoms with van der Waals surface area (Å²) in [6.07, 6.45) is 6.78. The van der Waals surface area contributed by atoms with Crippen LogP contribution in [-0.2, 0) is 0 Å². The molecule has 0 aromatic carbocycles. The Balaban J connectivity index is 2.52. The van der Waals surface area contributed by atoms with E-state index >= 15 is 0 Å². The zero-order chi connectivity index (χ0) is 10.6. The van der Waals surface area contributed by atoms with Crippen LogP contribution in [0.3, 0.4) is 0 Å². The normalized spacial score (nSPS) is 24.8. The summed E-state index contributed by atoms with van der Waals surface area (Å²) in [6.45, 7) is 9.75. The van der Waals surface area contributed by atoms with Crippen LogP contribution in [0.25, 0.3) is 0 Å². The van der Waals surface area contributed by atoms with Crippen molar-refractivity contribution in [3.05, 3.63) is 0 Å². The molecule has 0 saturated carbocycles. The summed E-state index contributed by atoms with van der Waals surface area (Å²) < 4.78 is 0. The number of nitrogens with zero attached hydrogens (tertiary/aromatic N) is 1. The molecule has 1 atom stereocenters. The Labute approximate surface area is 90.7 Å². The molecule has 0 aromatic heterocycles. The predicted octanol–water partition coefficient (Wildman–Crippen LogP) is 2.47. The van der Waals surface area contributed by atoms with E-state index in [4.69, 9.17) is 0 Å². The lowest BCUT2D eigenvalue weighted by Gasteiger charge is -2.44. The Hall–Kier alpha value is 0.0249. The van der Waals surface area contributed by atoms with Gasteiger partial charge < -0.3 is 0 Å². The van der Waals surface area contributed by atoms with Crippen LogP contribution in [0.2, 0.25) is 5.82 Å². The second-order valence-electron chi connectivity index (χ2n) is 5.27. The molecule has 0 aromatic rings. The smallest absolute Gasteiger partial charge is 0.105 e. The fourth-order valence-electron chi connectivity index (χ4n) is 2.65. The summed E-state index contributed by atoms with van der Waals surface area (Å²) in [4.78, 5) is 2.73. The van der Waals surface area contributed by atoms with Gasteiger partial charge in [0.25, 0.3) is 0 Å². The minimum Gasteiger partial charge on any atom is -0.298 e. The monoisotopic (exact) mass is 195 g/mol. The van der Waals surface area contributed by atoms with Gasteiger partial charge in [0.2, 0.25) is 0 Å². The maximum Gasteiger partial charge on any atom is 0.105 e. The van der Waals surface area contributed by atoms with Gasteiger partial charge in [-0.25, -0.2) is 0 Å². The maximum absolute atomic E-state index is 2.73. The van der Waals surface area contributed by atoms with E-state index in [1.165, 1.54) is 45.2 Å². The minimum atomic E-state index is 0.481. The van der Waals surface area contributed by atoms with Gasteiger partial charge in [0.05, 0.1) is 0 Å². The SMILES string of the molecule is BC1CCN(C(C)(CC)CCC)CC1. The Kier molecular flexibility index (Phi) is 4.50. The van der Waals surface area contributed by atoms with Crippen LogP contribution in [0, 0.1) is 0 Å². The summed E-state index contributed by atoms with van der Waals surface area (Å²) in [6, 6.07) is 0. The molecule has 0 N–H and O–H groups in total. The fraction of sp³-hybridized carbons (Fsp3) is 1.00. The summed E-state index contributed by atoms with van der Waals surface area (Å²) in [7, 11) is 2.39. The first-order valence-corrected chi connectivity index (χ1v) is 6.37. The van der Waals surface area contributed by atoms with E-state index in [1.807, 2.05) is 0 Å². The number of rotatable bonds is 4. The number of piperidine rings is 1. The maximum atomic E-state index is 2.73. The highest BCUT2D eigenvalue weighted by Crippen LogP contribution is 2.30. The van der Waals surface area contributed by atoms with Gasteiger partial charge >= 0.3 is 0 Å². The molecule has 1 rings (SSSR count). The van der Waals surface area contributed by atoms with Crippen molar-refractivity contribution in [3.8, 4) is 0 Å². The molecule has 2 heteroatoms. The van der Waals surface area contributed by atoms with Crippen molar-refractivity contribution in [2.24, 2.45) is 0 Å². The average molecular weight is 195 g/mol. The van der Waals surface area contributed by atoms with Gasteiger partial charge in [0.15, 0.2) is 0 Å². The van der Waals surface area contributed by atoms with Gasteiger partial charge in [-0.3, -0.25) is 4.90 Å². The Morgan fingerprint density at radius 1 is 1.29 bits per heavy atom. The molecule has 1 aliphatic rings. The first-order valence-electron chi connectivity index (χ1n) is 6.37. The lowest BCUT2D eigenvalue weighted by Crippen LogP contribution is -2.49. The van der Waals surface area contributed by atoms with E-state index in [-0.39, 0.29) is 0 Å². The molecule has 1 nitrogen and oxygen atoms in total. The summed E-state index contributed by atoms with van der Waals surface area (Å²) in [5.41, 5.74) is 0.481. The van der Waals surface area contributed by atoms with Crippen LogP contribution in [0.15, 0.2) is 0 Å². The molecule has 82 valence electrons. The first kappa shape index (κ1) is 12.1. The molecule has 0 amide bonds. The van der Waals surface area contributed by atoms with E-state index in [1.54, 1.807) is 0 Å². The van der Waals surface area contributed by atoms with Crippen molar-refractivity contribution in [3.63, 3.8) is 0 Å². The van der Waals surface area contributed by atoms with Gasteiger partial charge in [-0.15, -0.1) is 0 Å². The topological polar surface area (TPSA) is 3.24 Å². The number of hydrogen-bond donors (Lipinski definition) is 0. The lowest BCUT2D eigenvalue weighted by atomic mass is 9.77. The molecule has 14 heavy (non-hydrogen) atoms. The Bertz CT molecular complexity index is 164. The zero-order valence-corrected chi connectivity index (χ0v) is 10.5. The van der Waals surface area contributed by atoms with Crippen molar-refractivity contribution in [1.29, 1.82) is 0 Å². The highest BCUT2D eigenvalue weighted by atomic mass is 15.2. The molecular weight excluding hydrogens is 169 g/mol. The largest absolute Gasteiger partial charge is 0.298 e. The predicted molar refractivity (Wildman–Crippen MR) is 66.7 cm³/mol. The summed E-state index contributed by atoms with van der Waals surface area (Å²) in [5.74, 6) is 0.953. The van der Waals surface area contributed by atoms with Gasteiger partial charge in [-0.2, -0.15) is 0 Å². The second kappa shape index (κ2) is 5.20. The van der Waals surface area contributed by atoms with E-state index in [0.29, 0.717) is 5.54 Å². The van der Waals surface area contributed by atoms with Crippen molar-refractivity contribution in [1.82, 2.24) is 4.90 Å². The molecule has 1 saturated heterocycles. The minimum absolute atomic E-state index is 0.481. The third kappa shape index (κ3) is 2.76. The summed E-state index contributed by atoms with van der Waals surface area (Å²) in [5, 5.41) is 0. The fourth-order valence-corrected chi connectivity index (χ4v) is 2.65. The van der Waals surface area contributed by atoms with E-state index in [0.717, 1.165) is 5.82 Å². The average Bonchev–Trinajstić information content (AvgIpc) is 2.19. The van der Waals surface area contributed by atoms with Crippen molar-refractivity contribution in [2.75, 3.05) is 13.1 Å². The van der Waals surface area contributed by atoms with Crippen molar-refractivity contribution >= 4 is 7.85 Å². The molecule has 0 bridgehead atoms. The molecule has 1 unspecified atom stereocenters. The van der Waals surface area contributed by atoms with E-state index < -0.39 is 0 Å². The van der Waals surface area contributed by atoms with E-state index in [2.05, 4.69) is 33.5 Å². The molecular formula is C12H26BN. The molecule has 0 radical (unpaired) electrons. The Morgan fingerprint density at radius 2 is 1.86 bits per heavy atom. The third-order valence-corrected chi connectivity index (χ3v) is 4.10. The van der Waals surface area contributed by atoms with Crippen LogP contribution in [-0.4, -0.2) is 31.4 Å². The van der Waals surface area contributed by atoms with Crippen LogP contribution >= 0.6 is 0 Å². The molecule has 0 aliphatic carbocycles. The molecule has 1 heterocycles. The van der Waals surface area contributed by atoms with Crippen LogP contribution in [0.4, 0.5) is 0 Å². The first-order chi connectivity index (χ1) is 6.62. The van der Waals surface area contributed by atoms with Crippen molar-refractivity contribution < 1.29 is 0 Å². The van der Waals surface area contributed by atoms with Gasteiger partial charge in [-0.1, -0.05) is 26.1 Å². The lowest BCUT2D eigenvalue weighted by molar-refractivity contribution is 0.0690. The van der Waals surface area contributed by atoms with Crippen LogP contribution in [0.1, 0.15) is 52.9 Å². The second-order valence-corrected chi connectivity index (χ2v) is 5.27. The number of likely N-dealkylation sites (tertiary alicyclic amines) is 1. The third-order valence-electron chi connectivity index (χ3n) is 4.10. The van der Waals surface area contributed by atoms with E-state index in [9.17, 15) is 0 Å². The molecule has 0 spiro atoms. The van der Waals surface area contributed by atoms with Crippen LogP contribution in [0.5, 0.6) is 0 Å². The highest BCUT2D eigenvalue weighted by Gasteiger charge is 2.31. The van der Waals surface area contributed by atoms with Gasteiger partial charge in [-0.05, 0) is 45.7 Å². The quantitative estimate of drug-likeness (QED) is 0.623. The van der Waals surface area contributed by atoms with Crippen molar-refractivity contribution in [2.45, 2.75) is 64.2 Å². The zero-order valence-electron chi connectivity index (χ0n) is 10.5. The standard InChI is InChI=1S/C12H26BN/c1-4-8-12(3,5-2)14-9-6-11(13)7-10-14/h11H,4-10,13H2,1-3H3. The molecule has 1 fully saturated rings.